The van der Waals surface area contributed by atoms with Crippen LogP contribution in [-0.2, 0) is 14.3 Å². The Morgan fingerprint density at radius 2 is 2.13 bits per heavy atom. The zero-order valence-corrected chi connectivity index (χ0v) is 9.36. The molecule has 0 aromatic carbocycles. The van der Waals surface area contributed by atoms with Gasteiger partial charge in [0.15, 0.2) is 6.29 Å². The van der Waals surface area contributed by atoms with Crippen LogP contribution < -0.4 is 11.1 Å². The van der Waals surface area contributed by atoms with Gasteiger partial charge in [-0.3, -0.25) is 4.79 Å². The van der Waals surface area contributed by atoms with Gasteiger partial charge < -0.3 is 20.5 Å². The third kappa shape index (κ3) is 3.77. The van der Waals surface area contributed by atoms with Gasteiger partial charge in [-0.2, -0.15) is 0 Å². The Hall–Kier alpha value is -0.650. The maximum Gasteiger partial charge on any atom is 0.223 e. The molecule has 0 aromatic rings. The second kappa shape index (κ2) is 6.05. The van der Waals surface area contributed by atoms with Crippen molar-refractivity contribution in [2.45, 2.75) is 31.6 Å². The summed E-state index contributed by atoms with van der Waals surface area (Å²) in [5.41, 5.74) is 5.74. The van der Waals surface area contributed by atoms with Gasteiger partial charge in [-0.15, -0.1) is 0 Å². The largest absolute Gasteiger partial charge is 0.354 e. The van der Waals surface area contributed by atoms with Gasteiger partial charge in [0.25, 0.3) is 0 Å². The van der Waals surface area contributed by atoms with Crippen LogP contribution in [0.4, 0.5) is 0 Å². The second-order valence-electron chi connectivity index (χ2n) is 3.92. The Kier molecular flexibility index (Phi) is 5.01. The Morgan fingerprint density at radius 3 is 2.60 bits per heavy atom. The van der Waals surface area contributed by atoms with Gasteiger partial charge in [0.1, 0.15) is 0 Å². The standard InChI is InChI=1S/C10H20N2O3/c1-14-9(15-2)6-12-10(13)7-3-4-8(11)5-7/h7-9H,3-6,11H2,1-2H3,(H,12,13). The molecule has 1 rings (SSSR count). The van der Waals surface area contributed by atoms with Crippen LogP contribution in [0.5, 0.6) is 0 Å². The summed E-state index contributed by atoms with van der Waals surface area (Å²) in [6.45, 7) is 0.386. The van der Waals surface area contributed by atoms with E-state index < -0.39 is 0 Å². The van der Waals surface area contributed by atoms with Crippen molar-refractivity contribution in [2.24, 2.45) is 11.7 Å². The lowest BCUT2D eigenvalue weighted by Crippen LogP contribution is -2.37. The average molecular weight is 216 g/mol. The fraction of sp³-hybridized carbons (Fsp3) is 0.900. The summed E-state index contributed by atoms with van der Waals surface area (Å²) in [4.78, 5) is 11.6. The van der Waals surface area contributed by atoms with Gasteiger partial charge in [-0.05, 0) is 19.3 Å². The van der Waals surface area contributed by atoms with Gasteiger partial charge >= 0.3 is 0 Å². The molecule has 1 saturated carbocycles. The second-order valence-corrected chi connectivity index (χ2v) is 3.92. The van der Waals surface area contributed by atoms with E-state index in [4.69, 9.17) is 15.2 Å². The van der Waals surface area contributed by atoms with Crippen LogP contribution in [0.2, 0.25) is 0 Å². The molecule has 0 heterocycles. The molecule has 1 aliphatic rings. The first-order valence-electron chi connectivity index (χ1n) is 5.26. The van der Waals surface area contributed by atoms with E-state index in [0.717, 1.165) is 19.3 Å². The van der Waals surface area contributed by atoms with E-state index in [1.165, 1.54) is 0 Å². The third-order valence-electron chi connectivity index (χ3n) is 2.81. The van der Waals surface area contributed by atoms with E-state index >= 15 is 0 Å². The quantitative estimate of drug-likeness (QED) is 0.627. The van der Waals surface area contributed by atoms with Crippen molar-refractivity contribution >= 4 is 5.91 Å². The number of carbonyl (C=O) groups excluding carboxylic acids is 1. The van der Waals surface area contributed by atoms with E-state index in [0.29, 0.717) is 6.54 Å². The maximum absolute atomic E-state index is 11.6. The van der Waals surface area contributed by atoms with Crippen LogP contribution in [0.15, 0.2) is 0 Å². The van der Waals surface area contributed by atoms with E-state index in [-0.39, 0.29) is 24.2 Å². The highest BCUT2D eigenvalue weighted by molar-refractivity contribution is 5.78. The van der Waals surface area contributed by atoms with E-state index in [1.54, 1.807) is 14.2 Å². The number of hydrogen-bond acceptors (Lipinski definition) is 4. The molecular formula is C10H20N2O3. The van der Waals surface area contributed by atoms with Crippen molar-refractivity contribution in [3.05, 3.63) is 0 Å². The molecule has 0 aromatic heterocycles. The van der Waals surface area contributed by atoms with Crippen LogP contribution in [0, 0.1) is 5.92 Å². The third-order valence-corrected chi connectivity index (χ3v) is 2.81. The summed E-state index contributed by atoms with van der Waals surface area (Å²) < 4.78 is 9.94. The first-order chi connectivity index (χ1) is 7.17. The van der Waals surface area contributed by atoms with Crippen molar-refractivity contribution in [1.29, 1.82) is 0 Å². The van der Waals surface area contributed by atoms with E-state index in [2.05, 4.69) is 5.32 Å². The molecule has 5 nitrogen and oxygen atoms in total. The number of ether oxygens (including phenoxy) is 2. The predicted molar refractivity (Wildman–Crippen MR) is 56.1 cm³/mol. The first kappa shape index (κ1) is 12.4. The topological polar surface area (TPSA) is 73.6 Å². The molecule has 0 radical (unpaired) electrons. The molecule has 88 valence electrons. The number of carbonyl (C=O) groups is 1. The molecule has 0 spiro atoms. The van der Waals surface area contributed by atoms with Crippen molar-refractivity contribution in [3.8, 4) is 0 Å². The molecule has 0 aliphatic heterocycles. The number of nitrogens with two attached hydrogens (primary N) is 1. The highest BCUT2D eigenvalue weighted by atomic mass is 16.7. The molecule has 0 saturated heterocycles. The molecule has 1 fully saturated rings. The zero-order chi connectivity index (χ0) is 11.3. The monoisotopic (exact) mass is 216 g/mol. The minimum Gasteiger partial charge on any atom is -0.354 e. The molecular weight excluding hydrogens is 196 g/mol. The predicted octanol–water partition coefficient (Wildman–Crippen LogP) is -0.151. The van der Waals surface area contributed by atoms with Gasteiger partial charge in [-0.25, -0.2) is 0 Å². The van der Waals surface area contributed by atoms with Gasteiger partial charge in [0.05, 0.1) is 6.54 Å². The van der Waals surface area contributed by atoms with Crippen molar-refractivity contribution in [3.63, 3.8) is 0 Å². The van der Waals surface area contributed by atoms with Crippen molar-refractivity contribution < 1.29 is 14.3 Å². The Balaban J connectivity index is 2.23. The van der Waals surface area contributed by atoms with E-state index in [1.807, 2.05) is 0 Å². The lowest BCUT2D eigenvalue weighted by atomic mass is 10.1. The van der Waals surface area contributed by atoms with Crippen molar-refractivity contribution in [2.75, 3.05) is 20.8 Å². The van der Waals surface area contributed by atoms with Crippen LogP contribution in [0.25, 0.3) is 0 Å². The maximum atomic E-state index is 11.6. The summed E-state index contributed by atoms with van der Waals surface area (Å²) >= 11 is 0. The highest BCUT2D eigenvalue weighted by Gasteiger charge is 2.27. The van der Waals surface area contributed by atoms with Crippen LogP contribution in [0.3, 0.4) is 0 Å². The number of rotatable bonds is 5. The van der Waals surface area contributed by atoms with Crippen LogP contribution >= 0.6 is 0 Å². The van der Waals surface area contributed by atoms with Crippen molar-refractivity contribution in [1.82, 2.24) is 5.32 Å². The Labute approximate surface area is 90.3 Å². The van der Waals surface area contributed by atoms with Gasteiger partial charge in [-0.1, -0.05) is 0 Å². The van der Waals surface area contributed by atoms with Gasteiger partial charge in [0, 0.05) is 26.2 Å². The minimum absolute atomic E-state index is 0.0575. The molecule has 2 atom stereocenters. The number of hydrogen-bond donors (Lipinski definition) is 2. The number of methoxy groups -OCH3 is 2. The summed E-state index contributed by atoms with van der Waals surface area (Å²) in [5.74, 6) is 0.122. The fourth-order valence-corrected chi connectivity index (χ4v) is 1.85. The molecule has 2 unspecified atom stereocenters. The highest BCUT2D eigenvalue weighted by Crippen LogP contribution is 2.23. The minimum atomic E-state index is -0.371. The lowest BCUT2D eigenvalue weighted by molar-refractivity contribution is -0.130. The smallest absolute Gasteiger partial charge is 0.223 e. The fourth-order valence-electron chi connectivity index (χ4n) is 1.85. The first-order valence-corrected chi connectivity index (χ1v) is 5.26. The number of nitrogens with one attached hydrogen (secondary N) is 1. The Bertz CT molecular complexity index is 207. The SMILES string of the molecule is COC(CNC(=O)C1CCC(N)C1)OC. The molecule has 5 heteroatoms. The number of amides is 1. The zero-order valence-electron chi connectivity index (χ0n) is 9.36. The average Bonchev–Trinajstić information content (AvgIpc) is 2.66. The van der Waals surface area contributed by atoms with Crippen LogP contribution in [-0.4, -0.2) is 39.0 Å². The lowest BCUT2D eigenvalue weighted by Gasteiger charge is -2.16. The normalized spacial score (nSPS) is 25.9. The van der Waals surface area contributed by atoms with E-state index in [9.17, 15) is 4.79 Å². The Morgan fingerprint density at radius 1 is 1.47 bits per heavy atom. The summed E-state index contributed by atoms with van der Waals surface area (Å²) in [6, 6.07) is 0.182. The summed E-state index contributed by atoms with van der Waals surface area (Å²) in [6.07, 6.45) is 2.24. The summed E-state index contributed by atoms with van der Waals surface area (Å²) in [5, 5.41) is 2.80. The molecule has 1 amide bonds. The van der Waals surface area contributed by atoms with Crippen LogP contribution in [0.1, 0.15) is 19.3 Å². The molecule has 0 bridgehead atoms. The molecule has 15 heavy (non-hydrogen) atoms. The molecule has 3 N–H and O–H groups in total. The van der Waals surface area contributed by atoms with Gasteiger partial charge in [0.2, 0.25) is 5.91 Å². The summed E-state index contributed by atoms with van der Waals surface area (Å²) in [7, 11) is 3.09. The molecule has 1 aliphatic carbocycles.